The molecule has 2 rings (SSSR count). The Balaban J connectivity index is 0.00000544. The van der Waals surface area contributed by atoms with Crippen molar-refractivity contribution in [2.75, 3.05) is 0 Å². The van der Waals surface area contributed by atoms with Crippen molar-refractivity contribution in [2.24, 2.45) is 0 Å². The minimum Gasteiger partial charge on any atom is -0.744 e. The Labute approximate surface area is 245 Å². The van der Waals surface area contributed by atoms with Gasteiger partial charge in [0.25, 0.3) is 0 Å². The van der Waals surface area contributed by atoms with Gasteiger partial charge in [-0.05, 0) is 59.7 Å². The normalized spacial score (nSPS) is 11.6. The summed E-state index contributed by atoms with van der Waals surface area (Å²) >= 11 is 0. The summed E-state index contributed by atoms with van der Waals surface area (Å²) in [5, 5.41) is 1.45. The van der Waals surface area contributed by atoms with Crippen molar-refractivity contribution in [1.82, 2.24) is 0 Å². The Morgan fingerprint density at radius 3 is 1.61 bits per heavy atom. The number of benzene rings is 2. The zero-order valence-corrected chi connectivity index (χ0v) is 25.3. The molecule has 0 amide bonds. The number of aryl methyl sites for hydroxylation is 2. The van der Waals surface area contributed by atoms with Crippen LogP contribution in [0.2, 0.25) is 0 Å². The van der Waals surface area contributed by atoms with E-state index < -0.39 is 10.1 Å². The molecule has 2 aromatic rings. The molecule has 0 saturated carbocycles. The van der Waals surface area contributed by atoms with Gasteiger partial charge in [0.05, 0.1) is 4.90 Å². The Hall–Kier alpha value is 0.246. The molecule has 180 valence electrons. The second kappa shape index (κ2) is 17.6. The fourth-order valence-corrected chi connectivity index (χ4v) is 5.31. The standard InChI is InChI=1S/C28H44O3S.K/c1-3-5-7-9-11-13-15-18-24-22-26-20-17-21-28(32(29,30)31)27(26)23-25(24)19-16-14-12-10-8-6-4-2;/h17,20-23H,3-16,18-19H2,1-2H3,(H,29,30,31);/q;+1/p-1. The van der Waals surface area contributed by atoms with Crippen LogP contribution >= 0.6 is 0 Å². The summed E-state index contributed by atoms with van der Waals surface area (Å²) in [6, 6.07) is 9.18. The molecule has 0 unspecified atom stereocenters. The van der Waals surface area contributed by atoms with Gasteiger partial charge in [0.2, 0.25) is 0 Å². The van der Waals surface area contributed by atoms with Crippen LogP contribution in [0.1, 0.15) is 115 Å². The van der Waals surface area contributed by atoms with E-state index in [0.717, 1.165) is 24.6 Å². The first-order chi connectivity index (χ1) is 15.5. The van der Waals surface area contributed by atoms with Gasteiger partial charge in [-0.3, -0.25) is 0 Å². The molecule has 2 aromatic carbocycles. The second-order valence-electron chi connectivity index (χ2n) is 9.29. The maximum atomic E-state index is 11.8. The molecule has 33 heavy (non-hydrogen) atoms. The molecule has 0 atom stereocenters. The molecule has 0 heterocycles. The molecule has 5 heteroatoms. The predicted molar refractivity (Wildman–Crippen MR) is 135 cm³/mol. The third kappa shape index (κ3) is 11.7. The molecule has 3 nitrogen and oxygen atoms in total. The van der Waals surface area contributed by atoms with Crippen LogP contribution in [0.5, 0.6) is 0 Å². The van der Waals surface area contributed by atoms with Crippen molar-refractivity contribution < 1.29 is 64.4 Å². The van der Waals surface area contributed by atoms with E-state index in [1.54, 1.807) is 6.07 Å². The van der Waals surface area contributed by atoms with Crippen LogP contribution < -0.4 is 51.4 Å². The van der Waals surface area contributed by atoms with Crippen LogP contribution in [0.3, 0.4) is 0 Å². The van der Waals surface area contributed by atoms with E-state index in [1.807, 2.05) is 12.1 Å². The summed E-state index contributed by atoms with van der Waals surface area (Å²) in [5.41, 5.74) is 2.56. The van der Waals surface area contributed by atoms with Gasteiger partial charge < -0.3 is 4.55 Å². The minimum absolute atomic E-state index is 0. The number of fused-ring (bicyclic) bond motifs is 1. The van der Waals surface area contributed by atoms with Crippen molar-refractivity contribution in [3.8, 4) is 0 Å². The van der Waals surface area contributed by atoms with Gasteiger partial charge >= 0.3 is 51.4 Å². The summed E-state index contributed by atoms with van der Waals surface area (Å²) < 4.78 is 35.4. The molecule has 0 saturated heterocycles. The average Bonchev–Trinajstić information content (AvgIpc) is 2.76. The van der Waals surface area contributed by atoms with E-state index in [9.17, 15) is 13.0 Å². The zero-order chi connectivity index (χ0) is 23.2. The van der Waals surface area contributed by atoms with Gasteiger partial charge in [0.15, 0.2) is 0 Å². The van der Waals surface area contributed by atoms with Gasteiger partial charge in [-0.15, -0.1) is 0 Å². The molecular weight excluding hydrogens is 455 g/mol. The first-order valence-electron chi connectivity index (χ1n) is 13.0. The number of unbranched alkanes of at least 4 members (excludes halogenated alkanes) is 12. The van der Waals surface area contributed by atoms with Crippen LogP contribution in [0, 0.1) is 0 Å². The van der Waals surface area contributed by atoms with Crippen LogP contribution in [0.25, 0.3) is 10.8 Å². The van der Waals surface area contributed by atoms with Crippen LogP contribution in [-0.4, -0.2) is 13.0 Å². The Morgan fingerprint density at radius 2 is 1.12 bits per heavy atom. The van der Waals surface area contributed by atoms with Crippen LogP contribution in [0.4, 0.5) is 0 Å². The summed E-state index contributed by atoms with van der Waals surface area (Å²) in [7, 11) is -4.48. The largest absolute Gasteiger partial charge is 1.00 e. The second-order valence-corrected chi connectivity index (χ2v) is 10.6. The fourth-order valence-electron chi connectivity index (χ4n) is 4.62. The van der Waals surface area contributed by atoms with Crippen molar-refractivity contribution in [3.05, 3.63) is 41.5 Å². The number of rotatable bonds is 17. The Morgan fingerprint density at radius 1 is 0.667 bits per heavy atom. The molecule has 0 radical (unpaired) electrons. The van der Waals surface area contributed by atoms with E-state index >= 15 is 0 Å². The summed E-state index contributed by atoms with van der Waals surface area (Å²) in [6.45, 7) is 4.48. The molecule has 0 aliphatic heterocycles. The van der Waals surface area contributed by atoms with Gasteiger partial charge in [-0.25, -0.2) is 8.42 Å². The summed E-state index contributed by atoms with van der Waals surface area (Å²) in [5.74, 6) is 0. The third-order valence-corrected chi connectivity index (χ3v) is 7.42. The van der Waals surface area contributed by atoms with Crippen molar-refractivity contribution in [1.29, 1.82) is 0 Å². The summed E-state index contributed by atoms with van der Waals surface area (Å²) in [4.78, 5) is -0.0849. The van der Waals surface area contributed by atoms with E-state index in [-0.39, 0.29) is 56.3 Å². The molecule has 0 bridgehead atoms. The monoisotopic (exact) mass is 498 g/mol. The van der Waals surface area contributed by atoms with Crippen molar-refractivity contribution in [2.45, 2.75) is 121 Å². The SMILES string of the molecule is CCCCCCCCCc1cc2cccc(S(=O)(=O)[O-])c2cc1CCCCCCCCC.[K+]. The van der Waals surface area contributed by atoms with E-state index in [4.69, 9.17) is 0 Å². The summed E-state index contributed by atoms with van der Waals surface area (Å²) in [6.07, 6.45) is 19.8. The molecule has 0 N–H and O–H groups in total. The topological polar surface area (TPSA) is 57.2 Å². The van der Waals surface area contributed by atoms with Gasteiger partial charge in [0.1, 0.15) is 10.1 Å². The van der Waals surface area contributed by atoms with Gasteiger partial charge in [-0.1, -0.05) is 109 Å². The Kier molecular flexibility index (Phi) is 16.7. The first-order valence-corrected chi connectivity index (χ1v) is 14.4. The van der Waals surface area contributed by atoms with E-state index in [1.165, 1.54) is 101 Å². The van der Waals surface area contributed by atoms with E-state index in [0.29, 0.717) is 5.39 Å². The molecule has 0 aliphatic carbocycles. The first kappa shape index (κ1) is 31.3. The van der Waals surface area contributed by atoms with Gasteiger partial charge in [0, 0.05) is 0 Å². The maximum absolute atomic E-state index is 11.8. The molecule has 0 aliphatic rings. The molecule has 0 fully saturated rings. The van der Waals surface area contributed by atoms with Crippen molar-refractivity contribution >= 4 is 20.9 Å². The van der Waals surface area contributed by atoms with Crippen LogP contribution in [-0.2, 0) is 23.0 Å². The van der Waals surface area contributed by atoms with Crippen LogP contribution in [0.15, 0.2) is 35.2 Å². The number of hydrogen-bond donors (Lipinski definition) is 0. The average molecular weight is 499 g/mol. The Bertz CT molecular complexity index is 909. The fraction of sp³-hybridized carbons (Fsp3) is 0.643. The van der Waals surface area contributed by atoms with Crippen molar-refractivity contribution in [3.63, 3.8) is 0 Å². The minimum atomic E-state index is -4.48. The van der Waals surface area contributed by atoms with E-state index in [2.05, 4.69) is 19.9 Å². The third-order valence-electron chi connectivity index (χ3n) is 6.53. The molecule has 0 spiro atoms. The maximum Gasteiger partial charge on any atom is 1.00 e. The smallest absolute Gasteiger partial charge is 0.744 e. The zero-order valence-electron chi connectivity index (χ0n) is 21.3. The predicted octanol–water partition coefficient (Wildman–Crippen LogP) is 5.33. The van der Waals surface area contributed by atoms with Gasteiger partial charge in [-0.2, -0.15) is 0 Å². The molecule has 0 aromatic heterocycles. The molecular formula is C28H43KO3S. The quantitative estimate of drug-likeness (QED) is 0.168. The number of hydrogen-bond acceptors (Lipinski definition) is 3.